The van der Waals surface area contributed by atoms with E-state index < -0.39 is 17.7 Å². The number of rotatable bonds is 6. The third-order valence-corrected chi connectivity index (χ3v) is 4.81. The Kier molecular flexibility index (Phi) is 5.58. The third-order valence-electron chi connectivity index (χ3n) is 4.81. The van der Waals surface area contributed by atoms with Crippen LogP contribution in [0.5, 0.6) is 0 Å². The molecule has 1 fully saturated rings. The van der Waals surface area contributed by atoms with Crippen molar-refractivity contribution in [2.75, 3.05) is 13.2 Å². The normalized spacial score (nSPS) is 19.9. The second kappa shape index (κ2) is 7.90. The van der Waals surface area contributed by atoms with Crippen molar-refractivity contribution in [3.8, 4) is 0 Å². The topological polar surface area (TPSA) is 75.7 Å². The molecule has 1 unspecified atom stereocenters. The standard InChI is InChI=1S/C20H23FN2O4/c1-3-27-20(26)19-12(2)23(11-17(24)22-15-7-8-15)18(25)10-16(19)13-5-4-6-14(21)9-13/h4-6,9,15-16H,3,7-8,10-11H2,1-2H3,(H,22,24). The number of amides is 2. The lowest BCUT2D eigenvalue weighted by Crippen LogP contribution is -2.44. The lowest BCUT2D eigenvalue weighted by Gasteiger charge is -2.34. The largest absolute Gasteiger partial charge is 0.463 e. The summed E-state index contributed by atoms with van der Waals surface area (Å²) >= 11 is 0. The Labute approximate surface area is 157 Å². The SMILES string of the molecule is CCOC(=O)C1=C(C)N(CC(=O)NC2CC2)C(=O)CC1c1cccc(F)c1. The molecule has 0 saturated heterocycles. The third kappa shape index (κ3) is 4.35. The molecule has 0 aromatic heterocycles. The highest BCUT2D eigenvalue weighted by molar-refractivity contribution is 5.97. The Morgan fingerprint density at radius 3 is 2.70 bits per heavy atom. The van der Waals surface area contributed by atoms with E-state index in [1.165, 1.54) is 17.0 Å². The van der Waals surface area contributed by atoms with Gasteiger partial charge in [-0.2, -0.15) is 0 Å². The van der Waals surface area contributed by atoms with E-state index in [0.29, 0.717) is 16.8 Å². The zero-order valence-electron chi connectivity index (χ0n) is 15.5. The summed E-state index contributed by atoms with van der Waals surface area (Å²) in [5, 5.41) is 2.84. The Bertz CT molecular complexity index is 801. The molecule has 0 bridgehead atoms. The molecule has 1 aliphatic heterocycles. The van der Waals surface area contributed by atoms with Gasteiger partial charge in [-0.3, -0.25) is 9.59 Å². The van der Waals surface area contributed by atoms with Gasteiger partial charge in [-0.25, -0.2) is 9.18 Å². The lowest BCUT2D eigenvalue weighted by atomic mass is 9.83. The first kappa shape index (κ1) is 19.1. The zero-order valence-corrected chi connectivity index (χ0v) is 15.5. The number of allylic oxidation sites excluding steroid dienone is 1. The number of hydrogen-bond acceptors (Lipinski definition) is 4. The highest BCUT2D eigenvalue weighted by Crippen LogP contribution is 2.37. The summed E-state index contributed by atoms with van der Waals surface area (Å²) in [6.45, 7) is 3.36. The van der Waals surface area contributed by atoms with Crippen LogP contribution < -0.4 is 5.32 Å². The number of carbonyl (C=O) groups excluding carboxylic acids is 3. The van der Waals surface area contributed by atoms with Crippen LogP contribution in [0, 0.1) is 5.82 Å². The molecule has 27 heavy (non-hydrogen) atoms. The molecule has 1 atom stereocenters. The fraction of sp³-hybridized carbons (Fsp3) is 0.450. The molecule has 1 aromatic carbocycles. The highest BCUT2D eigenvalue weighted by atomic mass is 19.1. The van der Waals surface area contributed by atoms with Gasteiger partial charge in [0.05, 0.1) is 12.2 Å². The maximum atomic E-state index is 13.7. The van der Waals surface area contributed by atoms with Gasteiger partial charge in [0.25, 0.3) is 0 Å². The van der Waals surface area contributed by atoms with E-state index in [9.17, 15) is 18.8 Å². The van der Waals surface area contributed by atoms with E-state index in [2.05, 4.69) is 5.32 Å². The molecule has 1 saturated carbocycles. The number of ether oxygens (including phenoxy) is 1. The van der Waals surface area contributed by atoms with Crippen LogP contribution in [-0.4, -0.2) is 41.9 Å². The smallest absolute Gasteiger partial charge is 0.336 e. The van der Waals surface area contributed by atoms with E-state index in [0.717, 1.165) is 12.8 Å². The predicted octanol–water partition coefficient (Wildman–Crippen LogP) is 2.26. The van der Waals surface area contributed by atoms with Crippen LogP contribution in [0.4, 0.5) is 4.39 Å². The molecular formula is C20H23FN2O4. The first-order chi connectivity index (χ1) is 12.9. The Balaban J connectivity index is 1.94. The van der Waals surface area contributed by atoms with Crippen molar-refractivity contribution in [3.63, 3.8) is 0 Å². The predicted molar refractivity (Wildman–Crippen MR) is 96.0 cm³/mol. The van der Waals surface area contributed by atoms with Gasteiger partial charge >= 0.3 is 5.97 Å². The fourth-order valence-corrected chi connectivity index (χ4v) is 3.33. The summed E-state index contributed by atoms with van der Waals surface area (Å²) in [5.74, 6) is -2.12. The molecule has 1 N–H and O–H groups in total. The first-order valence-electron chi connectivity index (χ1n) is 9.13. The number of benzene rings is 1. The average molecular weight is 374 g/mol. The van der Waals surface area contributed by atoms with Crippen LogP contribution in [0.1, 0.15) is 44.6 Å². The Morgan fingerprint density at radius 1 is 1.33 bits per heavy atom. The highest BCUT2D eigenvalue weighted by Gasteiger charge is 2.38. The van der Waals surface area contributed by atoms with Crippen LogP contribution in [0.3, 0.4) is 0 Å². The van der Waals surface area contributed by atoms with Crippen molar-refractivity contribution >= 4 is 17.8 Å². The molecule has 7 heteroatoms. The monoisotopic (exact) mass is 374 g/mol. The average Bonchev–Trinajstić information content (AvgIpc) is 3.42. The molecule has 2 aliphatic rings. The number of halogens is 1. The number of nitrogens with zero attached hydrogens (tertiary/aromatic N) is 1. The number of esters is 1. The molecule has 6 nitrogen and oxygen atoms in total. The zero-order chi connectivity index (χ0) is 19.6. The van der Waals surface area contributed by atoms with Crippen molar-refractivity contribution in [2.24, 2.45) is 0 Å². The van der Waals surface area contributed by atoms with E-state index in [4.69, 9.17) is 4.74 Å². The van der Waals surface area contributed by atoms with Crippen molar-refractivity contribution in [1.29, 1.82) is 0 Å². The Hall–Kier alpha value is -2.70. The number of hydrogen-bond donors (Lipinski definition) is 1. The first-order valence-corrected chi connectivity index (χ1v) is 9.13. The molecule has 1 aromatic rings. The van der Waals surface area contributed by atoms with Crippen molar-refractivity contribution < 1.29 is 23.5 Å². The van der Waals surface area contributed by atoms with Crippen LogP contribution in [0.2, 0.25) is 0 Å². The molecule has 2 amide bonds. The van der Waals surface area contributed by atoms with E-state index in [1.54, 1.807) is 26.0 Å². The molecule has 1 aliphatic carbocycles. The van der Waals surface area contributed by atoms with Crippen molar-refractivity contribution in [3.05, 3.63) is 46.9 Å². The number of carbonyl (C=O) groups is 3. The van der Waals surface area contributed by atoms with Crippen LogP contribution in [-0.2, 0) is 19.1 Å². The second-order valence-corrected chi connectivity index (χ2v) is 6.85. The van der Waals surface area contributed by atoms with Gasteiger partial charge in [-0.15, -0.1) is 0 Å². The van der Waals surface area contributed by atoms with E-state index in [-0.39, 0.29) is 37.4 Å². The van der Waals surface area contributed by atoms with Crippen molar-refractivity contribution in [1.82, 2.24) is 10.2 Å². The van der Waals surface area contributed by atoms with Crippen LogP contribution in [0.15, 0.2) is 35.5 Å². The van der Waals surface area contributed by atoms with Gasteiger partial charge in [0.2, 0.25) is 11.8 Å². The molecule has 0 radical (unpaired) electrons. The Morgan fingerprint density at radius 2 is 2.07 bits per heavy atom. The summed E-state index contributed by atoms with van der Waals surface area (Å²) in [7, 11) is 0. The molecule has 3 rings (SSSR count). The quantitative estimate of drug-likeness (QED) is 0.775. The van der Waals surface area contributed by atoms with Gasteiger partial charge < -0.3 is 15.0 Å². The molecule has 144 valence electrons. The maximum Gasteiger partial charge on any atom is 0.336 e. The van der Waals surface area contributed by atoms with Gasteiger partial charge in [0.1, 0.15) is 12.4 Å². The molecule has 1 heterocycles. The maximum absolute atomic E-state index is 13.7. The summed E-state index contributed by atoms with van der Waals surface area (Å²) in [4.78, 5) is 38.8. The minimum absolute atomic E-state index is 0.0222. The van der Waals surface area contributed by atoms with Gasteiger partial charge in [-0.1, -0.05) is 12.1 Å². The minimum Gasteiger partial charge on any atom is -0.463 e. The van der Waals surface area contributed by atoms with Gasteiger partial charge in [-0.05, 0) is 44.4 Å². The summed E-state index contributed by atoms with van der Waals surface area (Å²) in [6.07, 6.45) is 1.88. The minimum atomic E-state index is -0.602. The molecule has 0 spiro atoms. The summed E-state index contributed by atoms with van der Waals surface area (Å²) < 4.78 is 18.9. The molecular weight excluding hydrogens is 351 g/mol. The fourth-order valence-electron chi connectivity index (χ4n) is 3.33. The summed E-state index contributed by atoms with van der Waals surface area (Å²) in [5.41, 5.74) is 1.21. The number of nitrogens with one attached hydrogen (secondary N) is 1. The summed E-state index contributed by atoms with van der Waals surface area (Å²) in [6, 6.07) is 6.04. The van der Waals surface area contributed by atoms with Crippen molar-refractivity contribution in [2.45, 2.75) is 45.1 Å². The lowest BCUT2D eigenvalue weighted by molar-refractivity contribution is -0.141. The van der Waals surface area contributed by atoms with Crippen LogP contribution in [0.25, 0.3) is 0 Å². The van der Waals surface area contributed by atoms with Crippen LogP contribution >= 0.6 is 0 Å². The van der Waals surface area contributed by atoms with Gasteiger partial charge in [0.15, 0.2) is 0 Å². The second-order valence-electron chi connectivity index (χ2n) is 6.85. The van der Waals surface area contributed by atoms with Gasteiger partial charge in [0, 0.05) is 24.1 Å². The van der Waals surface area contributed by atoms with E-state index in [1.807, 2.05) is 0 Å². The van der Waals surface area contributed by atoms with E-state index >= 15 is 0 Å².